The lowest BCUT2D eigenvalue weighted by Gasteiger charge is -2.34. The number of rotatable bonds is 10. The first-order valence-corrected chi connectivity index (χ1v) is 12.0. The molecule has 7 nitrogen and oxygen atoms in total. The summed E-state index contributed by atoms with van der Waals surface area (Å²) in [7, 11) is 0. The Labute approximate surface area is 199 Å². The van der Waals surface area contributed by atoms with Gasteiger partial charge in [-0.2, -0.15) is 5.10 Å². The third kappa shape index (κ3) is 4.53. The van der Waals surface area contributed by atoms with Gasteiger partial charge in [-0.1, -0.05) is 31.2 Å². The summed E-state index contributed by atoms with van der Waals surface area (Å²) in [4.78, 5) is 14.1. The second-order valence-corrected chi connectivity index (χ2v) is 9.29. The van der Waals surface area contributed by atoms with E-state index in [2.05, 4.69) is 29.2 Å². The fraction of sp³-hybridized carbons (Fsp3) is 0.407. The SMILES string of the molecule is CC[C@](C)(OCc1cc(-c2cccc(OC3CC3)c2)n(-c2ccccc2N2CCC2)n1)C(=O)O. The molecule has 0 unspecified atom stereocenters. The molecular formula is C27H31N3O4. The molecule has 178 valence electrons. The first kappa shape index (κ1) is 22.5. The van der Waals surface area contributed by atoms with Crippen molar-refractivity contribution >= 4 is 11.7 Å². The number of aromatic nitrogens is 2. The second kappa shape index (κ2) is 9.14. The van der Waals surface area contributed by atoms with Crippen LogP contribution in [0.3, 0.4) is 0 Å². The largest absolute Gasteiger partial charge is 0.490 e. The zero-order chi connectivity index (χ0) is 23.7. The number of nitrogens with zero attached hydrogens (tertiary/aromatic N) is 3. The van der Waals surface area contributed by atoms with Gasteiger partial charge in [-0.25, -0.2) is 9.48 Å². The quantitative estimate of drug-likeness (QED) is 0.455. The molecule has 34 heavy (non-hydrogen) atoms. The number of carboxylic acids is 1. The van der Waals surface area contributed by atoms with Gasteiger partial charge in [-0.3, -0.25) is 0 Å². The highest BCUT2D eigenvalue weighted by molar-refractivity contribution is 5.76. The van der Waals surface area contributed by atoms with Crippen LogP contribution < -0.4 is 9.64 Å². The van der Waals surface area contributed by atoms with E-state index in [0.717, 1.165) is 54.3 Å². The fourth-order valence-electron chi connectivity index (χ4n) is 4.01. The molecular weight excluding hydrogens is 430 g/mol. The second-order valence-electron chi connectivity index (χ2n) is 9.29. The van der Waals surface area contributed by atoms with Crippen molar-refractivity contribution in [2.45, 2.75) is 57.8 Å². The van der Waals surface area contributed by atoms with Gasteiger partial charge < -0.3 is 19.5 Å². The zero-order valence-electron chi connectivity index (χ0n) is 19.7. The van der Waals surface area contributed by atoms with Gasteiger partial charge in [0, 0.05) is 18.7 Å². The van der Waals surface area contributed by atoms with E-state index < -0.39 is 11.6 Å². The van der Waals surface area contributed by atoms with Crippen LogP contribution >= 0.6 is 0 Å². The number of benzene rings is 2. The van der Waals surface area contributed by atoms with Crippen LogP contribution in [0.4, 0.5) is 5.69 Å². The maximum atomic E-state index is 11.7. The Bertz CT molecular complexity index is 1180. The Kier molecular flexibility index (Phi) is 6.04. The Balaban J connectivity index is 1.54. The molecule has 1 aliphatic heterocycles. The molecule has 5 rings (SSSR count). The van der Waals surface area contributed by atoms with E-state index >= 15 is 0 Å². The molecule has 0 amide bonds. The van der Waals surface area contributed by atoms with Crippen LogP contribution in [0.1, 0.15) is 45.2 Å². The smallest absolute Gasteiger partial charge is 0.335 e. The molecule has 1 aromatic heterocycles. The summed E-state index contributed by atoms with van der Waals surface area (Å²) in [6, 6.07) is 18.4. The van der Waals surface area contributed by atoms with Gasteiger partial charge in [0.1, 0.15) is 5.75 Å². The average molecular weight is 462 g/mol. The van der Waals surface area contributed by atoms with E-state index in [1.165, 1.54) is 6.42 Å². The minimum atomic E-state index is -1.25. The average Bonchev–Trinajstić information content (AvgIpc) is 3.52. The maximum Gasteiger partial charge on any atom is 0.335 e. The predicted octanol–water partition coefficient (Wildman–Crippen LogP) is 5.06. The molecule has 0 radical (unpaired) electrons. The van der Waals surface area contributed by atoms with Crippen LogP contribution in [0.15, 0.2) is 54.6 Å². The minimum Gasteiger partial charge on any atom is -0.490 e. The lowest BCUT2D eigenvalue weighted by atomic mass is 10.0. The maximum absolute atomic E-state index is 11.7. The van der Waals surface area contributed by atoms with Crippen LogP contribution in [0.2, 0.25) is 0 Å². The number of para-hydroxylation sites is 2. The Hall–Kier alpha value is -3.32. The fourth-order valence-corrected chi connectivity index (χ4v) is 4.01. The molecule has 7 heteroatoms. The van der Waals surface area contributed by atoms with Gasteiger partial charge in [0.15, 0.2) is 5.60 Å². The highest BCUT2D eigenvalue weighted by Crippen LogP contribution is 2.34. The van der Waals surface area contributed by atoms with Crippen LogP contribution in [-0.4, -0.2) is 45.7 Å². The zero-order valence-corrected chi connectivity index (χ0v) is 19.7. The van der Waals surface area contributed by atoms with E-state index in [1.54, 1.807) is 6.92 Å². The summed E-state index contributed by atoms with van der Waals surface area (Å²) in [5, 5.41) is 14.5. The summed E-state index contributed by atoms with van der Waals surface area (Å²) in [6.07, 6.45) is 4.08. The molecule has 2 heterocycles. The Morgan fingerprint density at radius 3 is 2.53 bits per heavy atom. The summed E-state index contributed by atoms with van der Waals surface area (Å²) in [5.74, 6) is -0.117. The summed E-state index contributed by atoms with van der Waals surface area (Å²) in [5.41, 5.74) is 3.47. The molecule has 1 atom stereocenters. The van der Waals surface area contributed by atoms with Gasteiger partial charge in [-0.05, 0) is 62.9 Å². The molecule has 2 fully saturated rings. The highest BCUT2D eigenvalue weighted by Gasteiger charge is 2.32. The minimum absolute atomic E-state index is 0.112. The molecule has 1 aliphatic carbocycles. The van der Waals surface area contributed by atoms with Crippen molar-refractivity contribution in [1.29, 1.82) is 0 Å². The van der Waals surface area contributed by atoms with Crippen LogP contribution in [-0.2, 0) is 16.1 Å². The highest BCUT2D eigenvalue weighted by atomic mass is 16.5. The van der Waals surface area contributed by atoms with Gasteiger partial charge in [0.05, 0.1) is 35.5 Å². The molecule has 1 N–H and O–H groups in total. The molecule has 1 saturated carbocycles. The number of hydrogen-bond acceptors (Lipinski definition) is 5. The van der Waals surface area contributed by atoms with Crippen molar-refractivity contribution < 1.29 is 19.4 Å². The van der Waals surface area contributed by atoms with E-state index in [-0.39, 0.29) is 6.61 Å². The van der Waals surface area contributed by atoms with E-state index in [1.807, 2.05) is 41.9 Å². The molecule has 3 aromatic rings. The van der Waals surface area contributed by atoms with Crippen molar-refractivity contribution in [2.24, 2.45) is 0 Å². The number of ether oxygens (including phenoxy) is 2. The van der Waals surface area contributed by atoms with Gasteiger partial charge >= 0.3 is 5.97 Å². The normalized spacial score (nSPS) is 17.2. The molecule has 2 aromatic carbocycles. The molecule has 0 bridgehead atoms. The monoisotopic (exact) mass is 461 g/mol. The van der Waals surface area contributed by atoms with Gasteiger partial charge in [0.25, 0.3) is 0 Å². The lowest BCUT2D eigenvalue weighted by Crippen LogP contribution is -2.37. The van der Waals surface area contributed by atoms with Gasteiger partial charge in [-0.15, -0.1) is 0 Å². The van der Waals surface area contributed by atoms with Crippen LogP contribution in [0.5, 0.6) is 5.75 Å². The molecule has 2 aliphatic rings. The van der Waals surface area contributed by atoms with Crippen molar-refractivity contribution in [3.05, 3.63) is 60.3 Å². The van der Waals surface area contributed by atoms with E-state index in [9.17, 15) is 9.90 Å². The first-order valence-electron chi connectivity index (χ1n) is 12.0. The number of aliphatic carboxylic acids is 1. The summed E-state index contributed by atoms with van der Waals surface area (Å²) < 4.78 is 13.8. The number of hydrogen-bond donors (Lipinski definition) is 1. The lowest BCUT2D eigenvalue weighted by molar-refractivity contribution is -0.165. The first-order chi connectivity index (χ1) is 16.5. The van der Waals surface area contributed by atoms with Crippen LogP contribution in [0, 0.1) is 0 Å². The Morgan fingerprint density at radius 2 is 1.88 bits per heavy atom. The van der Waals surface area contributed by atoms with Crippen LogP contribution in [0.25, 0.3) is 16.9 Å². The van der Waals surface area contributed by atoms with Gasteiger partial charge in [0.2, 0.25) is 0 Å². The van der Waals surface area contributed by atoms with E-state index in [0.29, 0.717) is 18.2 Å². The van der Waals surface area contributed by atoms with Crippen molar-refractivity contribution in [2.75, 3.05) is 18.0 Å². The van der Waals surface area contributed by atoms with E-state index in [4.69, 9.17) is 14.6 Å². The third-order valence-electron chi connectivity index (χ3n) is 6.69. The number of carboxylic acid groups (broad SMARTS) is 1. The summed E-state index contributed by atoms with van der Waals surface area (Å²) in [6.45, 7) is 5.59. The molecule has 0 spiro atoms. The van der Waals surface area contributed by atoms with Crippen molar-refractivity contribution in [3.8, 4) is 22.7 Å². The number of carbonyl (C=O) groups is 1. The number of anilines is 1. The summed E-state index contributed by atoms with van der Waals surface area (Å²) >= 11 is 0. The molecule has 1 saturated heterocycles. The predicted molar refractivity (Wildman–Crippen MR) is 131 cm³/mol. The van der Waals surface area contributed by atoms with Crippen molar-refractivity contribution in [3.63, 3.8) is 0 Å². The third-order valence-corrected chi connectivity index (χ3v) is 6.69. The van der Waals surface area contributed by atoms with Crippen molar-refractivity contribution in [1.82, 2.24) is 9.78 Å². The Morgan fingerprint density at radius 1 is 1.12 bits per heavy atom. The standard InChI is InChI=1S/C27H31N3O4/c1-3-27(2,26(31)32)33-18-20-17-25(19-8-6-9-22(16-19)34-21-12-13-21)30(28-20)24-11-5-4-10-23(24)29-14-7-15-29/h4-6,8-11,16-17,21H,3,7,12-15,18H2,1-2H3,(H,31,32)/t27-/m0/s1. The topological polar surface area (TPSA) is 76.8 Å².